The highest BCUT2D eigenvalue weighted by atomic mass is 16.5. The lowest BCUT2D eigenvalue weighted by molar-refractivity contribution is -0.146. The number of carbonyl (C=O) groups excluding carboxylic acids is 2. The second-order valence-corrected chi connectivity index (χ2v) is 8.59. The van der Waals surface area contributed by atoms with E-state index in [0.717, 1.165) is 69.0 Å². The van der Waals surface area contributed by atoms with Crippen LogP contribution in [0, 0.1) is 31.6 Å². The molecule has 1 saturated carbocycles. The minimum absolute atomic E-state index is 0.0611. The standard InChI is InChI=1S/C21H31N3O4/c1-13-17(14(2)28-23-13)3-4-20(25)24-8-5-15-11-18(19(15)12-24)21(26)22-16-6-9-27-10-7-16/h15-16,18-19H,3-12H2,1-2H3,(H,22,26)/t15-,18-,19-/m1/s1. The maximum absolute atomic E-state index is 12.7. The summed E-state index contributed by atoms with van der Waals surface area (Å²) in [5.41, 5.74) is 1.91. The van der Waals surface area contributed by atoms with Crippen molar-refractivity contribution in [1.82, 2.24) is 15.4 Å². The van der Waals surface area contributed by atoms with Crippen molar-refractivity contribution in [2.45, 2.75) is 58.4 Å². The molecule has 154 valence electrons. The minimum Gasteiger partial charge on any atom is -0.381 e. The van der Waals surface area contributed by atoms with E-state index in [1.807, 2.05) is 18.7 Å². The molecule has 28 heavy (non-hydrogen) atoms. The number of piperidine rings is 1. The molecule has 0 unspecified atom stereocenters. The van der Waals surface area contributed by atoms with E-state index in [0.29, 0.717) is 24.7 Å². The zero-order valence-corrected chi connectivity index (χ0v) is 16.9. The Kier molecular flexibility index (Phi) is 5.71. The summed E-state index contributed by atoms with van der Waals surface area (Å²) in [6, 6.07) is 0.247. The monoisotopic (exact) mass is 389 g/mol. The number of nitrogens with zero attached hydrogens (tertiary/aromatic N) is 2. The fourth-order valence-corrected chi connectivity index (χ4v) is 5.01. The average molecular weight is 389 g/mol. The number of aryl methyl sites for hydroxylation is 2. The fourth-order valence-electron chi connectivity index (χ4n) is 5.01. The van der Waals surface area contributed by atoms with E-state index >= 15 is 0 Å². The van der Waals surface area contributed by atoms with Crippen molar-refractivity contribution in [3.05, 3.63) is 17.0 Å². The van der Waals surface area contributed by atoms with Crippen molar-refractivity contribution < 1.29 is 18.8 Å². The molecule has 1 aliphatic carbocycles. The first kappa shape index (κ1) is 19.4. The third-order valence-corrected chi connectivity index (χ3v) is 6.91. The molecule has 3 fully saturated rings. The number of likely N-dealkylation sites (tertiary alicyclic amines) is 1. The summed E-state index contributed by atoms with van der Waals surface area (Å²) in [6.07, 6.45) is 4.93. The van der Waals surface area contributed by atoms with Crippen molar-refractivity contribution in [2.75, 3.05) is 26.3 Å². The molecule has 0 radical (unpaired) electrons. The molecule has 0 bridgehead atoms. The van der Waals surface area contributed by atoms with Gasteiger partial charge in [0, 0.05) is 50.2 Å². The van der Waals surface area contributed by atoms with Crippen LogP contribution in [0.2, 0.25) is 0 Å². The van der Waals surface area contributed by atoms with Crippen molar-refractivity contribution in [1.29, 1.82) is 0 Å². The minimum atomic E-state index is 0.0611. The summed E-state index contributed by atoms with van der Waals surface area (Å²) < 4.78 is 10.6. The highest BCUT2D eigenvalue weighted by molar-refractivity contribution is 5.81. The number of aromatic nitrogens is 1. The summed E-state index contributed by atoms with van der Waals surface area (Å²) in [6.45, 7) is 6.80. The smallest absolute Gasteiger partial charge is 0.223 e. The van der Waals surface area contributed by atoms with Gasteiger partial charge in [-0.2, -0.15) is 0 Å². The second kappa shape index (κ2) is 8.23. The highest BCUT2D eigenvalue weighted by Gasteiger charge is 2.48. The van der Waals surface area contributed by atoms with E-state index in [9.17, 15) is 9.59 Å². The van der Waals surface area contributed by atoms with Crippen LogP contribution < -0.4 is 5.32 Å². The van der Waals surface area contributed by atoms with Gasteiger partial charge in [-0.1, -0.05) is 5.16 Å². The van der Waals surface area contributed by atoms with Crippen LogP contribution in [0.5, 0.6) is 0 Å². The summed E-state index contributed by atoms with van der Waals surface area (Å²) in [4.78, 5) is 27.4. The van der Waals surface area contributed by atoms with E-state index in [-0.39, 0.29) is 23.8 Å². The molecule has 1 N–H and O–H groups in total. The number of rotatable bonds is 5. The van der Waals surface area contributed by atoms with Crippen molar-refractivity contribution >= 4 is 11.8 Å². The van der Waals surface area contributed by atoms with Crippen molar-refractivity contribution in [2.24, 2.45) is 17.8 Å². The van der Waals surface area contributed by atoms with Crippen LogP contribution in [0.3, 0.4) is 0 Å². The molecule has 4 rings (SSSR count). The van der Waals surface area contributed by atoms with Crippen LogP contribution in [0.15, 0.2) is 4.52 Å². The van der Waals surface area contributed by atoms with Crippen LogP contribution in [-0.2, 0) is 20.7 Å². The predicted molar refractivity (Wildman–Crippen MR) is 103 cm³/mol. The molecule has 3 atom stereocenters. The molecule has 2 amide bonds. The van der Waals surface area contributed by atoms with Gasteiger partial charge in [0.25, 0.3) is 0 Å². The fraction of sp³-hybridized carbons (Fsp3) is 0.762. The molecular formula is C21H31N3O4. The molecule has 3 aliphatic rings. The Morgan fingerprint density at radius 2 is 2.00 bits per heavy atom. The normalized spacial score (nSPS) is 27.8. The number of carbonyl (C=O) groups is 2. The Morgan fingerprint density at radius 3 is 2.71 bits per heavy atom. The van der Waals surface area contributed by atoms with E-state index in [1.165, 1.54) is 0 Å². The molecule has 0 spiro atoms. The Hall–Kier alpha value is -1.89. The van der Waals surface area contributed by atoms with Crippen molar-refractivity contribution in [3.63, 3.8) is 0 Å². The number of hydrogen-bond acceptors (Lipinski definition) is 5. The highest BCUT2D eigenvalue weighted by Crippen LogP contribution is 2.46. The van der Waals surface area contributed by atoms with Crippen LogP contribution in [0.1, 0.15) is 49.1 Å². The van der Waals surface area contributed by atoms with Crippen LogP contribution >= 0.6 is 0 Å². The molecule has 7 nitrogen and oxygen atoms in total. The molecule has 2 aliphatic heterocycles. The van der Waals surface area contributed by atoms with E-state index in [1.54, 1.807) is 0 Å². The lowest BCUT2D eigenvalue weighted by Gasteiger charge is -2.50. The van der Waals surface area contributed by atoms with Gasteiger partial charge < -0.3 is 19.5 Å². The molecule has 2 saturated heterocycles. The summed E-state index contributed by atoms with van der Waals surface area (Å²) in [5, 5.41) is 7.18. The van der Waals surface area contributed by atoms with Gasteiger partial charge in [0.15, 0.2) is 0 Å². The third-order valence-electron chi connectivity index (χ3n) is 6.91. The van der Waals surface area contributed by atoms with Gasteiger partial charge in [-0.15, -0.1) is 0 Å². The molecule has 1 aromatic rings. The molecule has 3 heterocycles. The first-order valence-corrected chi connectivity index (χ1v) is 10.6. The lowest BCUT2D eigenvalue weighted by atomic mass is 9.61. The molecule has 7 heteroatoms. The van der Waals surface area contributed by atoms with Gasteiger partial charge in [-0.05, 0) is 57.8 Å². The first-order chi connectivity index (χ1) is 13.5. The lowest BCUT2D eigenvalue weighted by Crippen LogP contribution is -2.57. The Labute approximate surface area is 166 Å². The Bertz CT molecular complexity index is 706. The molecule has 0 aromatic carbocycles. The Morgan fingerprint density at radius 1 is 1.21 bits per heavy atom. The zero-order chi connectivity index (χ0) is 19.7. The Balaban J connectivity index is 1.28. The van der Waals surface area contributed by atoms with Gasteiger partial charge in [0.1, 0.15) is 5.76 Å². The first-order valence-electron chi connectivity index (χ1n) is 10.6. The summed E-state index contributed by atoms with van der Waals surface area (Å²) in [5.74, 6) is 2.12. The maximum Gasteiger partial charge on any atom is 0.223 e. The molecule has 1 aromatic heterocycles. The predicted octanol–water partition coefficient (Wildman–Crippen LogP) is 2.00. The topological polar surface area (TPSA) is 84.7 Å². The third kappa shape index (κ3) is 3.95. The largest absolute Gasteiger partial charge is 0.381 e. The van der Waals surface area contributed by atoms with Gasteiger partial charge in [-0.3, -0.25) is 9.59 Å². The van der Waals surface area contributed by atoms with Crippen molar-refractivity contribution in [3.8, 4) is 0 Å². The van der Waals surface area contributed by atoms with Crippen LogP contribution in [0.4, 0.5) is 0 Å². The number of amides is 2. The summed E-state index contributed by atoms with van der Waals surface area (Å²) in [7, 11) is 0. The quantitative estimate of drug-likeness (QED) is 0.833. The van der Waals surface area contributed by atoms with Crippen LogP contribution in [-0.4, -0.2) is 54.2 Å². The van der Waals surface area contributed by atoms with E-state index in [2.05, 4.69) is 10.5 Å². The summed E-state index contributed by atoms with van der Waals surface area (Å²) >= 11 is 0. The van der Waals surface area contributed by atoms with Crippen LogP contribution in [0.25, 0.3) is 0 Å². The van der Waals surface area contributed by atoms with E-state index < -0.39 is 0 Å². The van der Waals surface area contributed by atoms with Gasteiger partial charge in [-0.25, -0.2) is 0 Å². The number of fused-ring (bicyclic) bond motifs is 1. The molecular weight excluding hydrogens is 358 g/mol. The number of hydrogen-bond donors (Lipinski definition) is 1. The second-order valence-electron chi connectivity index (χ2n) is 8.59. The zero-order valence-electron chi connectivity index (χ0n) is 16.9. The van der Waals surface area contributed by atoms with E-state index in [4.69, 9.17) is 9.26 Å². The van der Waals surface area contributed by atoms with Gasteiger partial charge >= 0.3 is 0 Å². The number of ether oxygens (including phenoxy) is 1. The SMILES string of the molecule is Cc1noc(C)c1CCC(=O)N1CC[C@@H]2C[C@@H](C(=O)NC3CCOCC3)[C@@H]2C1. The average Bonchev–Trinajstić information content (AvgIpc) is 2.99. The number of nitrogens with one attached hydrogen (secondary N) is 1. The van der Waals surface area contributed by atoms with Gasteiger partial charge in [0.05, 0.1) is 5.69 Å². The maximum atomic E-state index is 12.7. The van der Waals surface area contributed by atoms with Gasteiger partial charge in [0.2, 0.25) is 11.8 Å².